The predicted molar refractivity (Wildman–Crippen MR) is 112 cm³/mol. The molecule has 0 spiro atoms. The topological polar surface area (TPSA) is 68.7 Å². The van der Waals surface area contributed by atoms with Crippen LogP contribution in [-0.4, -0.2) is 38.7 Å². The predicted octanol–water partition coefficient (Wildman–Crippen LogP) is 4.00. The summed E-state index contributed by atoms with van der Waals surface area (Å²) in [5, 5.41) is 22.7. The van der Waals surface area contributed by atoms with E-state index in [0.29, 0.717) is 23.3 Å². The van der Waals surface area contributed by atoms with Gasteiger partial charge in [0.1, 0.15) is 12.4 Å². The summed E-state index contributed by atoms with van der Waals surface area (Å²) in [5.41, 5.74) is 2.30. The first-order chi connectivity index (χ1) is 13.3. The number of aliphatic hydroxyl groups is 2. The van der Waals surface area contributed by atoms with E-state index >= 15 is 0 Å². The number of hydrogen-bond donors (Lipinski definition) is 3. The molecule has 0 unspecified atom stereocenters. The van der Waals surface area contributed by atoms with E-state index in [9.17, 15) is 10.2 Å². The van der Waals surface area contributed by atoms with Crippen molar-refractivity contribution in [2.24, 2.45) is 0 Å². The molecule has 5 nitrogen and oxygen atoms in total. The highest BCUT2D eigenvalue weighted by atomic mass is 16.5. The van der Waals surface area contributed by atoms with Crippen LogP contribution in [0.3, 0.4) is 0 Å². The van der Waals surface area contributed by atoms with Crippen LogP contribution >= 0.6 is 0 Å². The summed E-state index contributed by atoms with van der Waals surface area (Å²) in [4.78, 5) is 5.21. The Bertz CT molecular complexity index is 893. The van der Waals surface area contributed by atoms with Crippen LogP contribution in [0.15, 0.2) is 54.7 Å². The van der Waals surface area contributed by atoms with Crippen molar-refractivity contribution in [3.63, 3.8) is 0 Å². The van der Waals surface area contributed by atoms with Crippen molar-refractivity contribution in [2.45, 2.75) is 52.2 Å². The van der Waals surface area contributed by atoms with Crippen LogP contribution in [0.4, 0.5) is 0 Å². The number of benzene rings is 2. The second-order valence-corrected chi connectivity index (χ2v) is 7.83. The van der Waals surface area contributed by atoms with E-state index in [0.717, 1.165) is 11.1 Å². The van der Waals surface area contributed by atoms with E-state index in [-0.39, 0.29) is 18.6 Å². The van der Waals surface area contributed by atoms with Crippen molar-refractivity contribution in [3.05, 3.63) is 65.9 Å². The van der Waals surface area contributed by atoms with Crippen molar-refractivity contribution in [1.82, 2.24) is 9.88 Å². The Morgan fingerprint density at radius 3 is 2.29 bits per heavy atom. The Morgan fingerprint density at radius 1 is 0.964 bits per heavy atom. The molecule has 1 aromatic heterocycles. The first-order valence-corrected chi connectivity index (χ1v) is 9.77. The molecule has 0 radical (unpaired) electrons. The quantitative estimate of drug-likeness (QED) is 0.515. The Balaban J connectivity index is 1.93. The summed E-state index contributed by atoms with van der Waals surface area (Å²) >= 11 is 0. The summed E-state index contributed by atoms with van der Waals surface area (Å²) in [6.45, 7) is 8.75. The molecule has 1 heterocycles. The molecular formula is C23H30N2O3. The molecule has 0 saturated carbocycles. The van der Waals surface area contributed by atoms with E-state index in [2.05, 4.69) is 37.6 Å². The van der Waals surface area contributed by atoms with Gasteiger partial charge in [0, 0.05) is 29.4 Å². The highest BCUT2D eigenvalue weighted by Gasteiger charge is 2.34. The number of fused-ring (bicyclic) bond motifs is 1. The number of aromatic nitrogens is 1. The first-order valence-electron chi connectivity index (χ1n) is 9.77. The Kier molecular flexibility index (Phi) is 6.08. The highest BCUT2D eigenvalue weighted by molar-refractivity contribution is 5.90. The molecule has 0 saturated heterocycles. The molecule has 3 rings (SSSR count). The Hall–Kier alpha value is -2.34. The zero-order valence-corrected chi connectivity index (χ0v) is 17.0. The molecule has 150 valence electrons. The number of hydrogen-bond acceptors (Lipinski definition) is 4. The summed E-state index contributed by atoms with van der Waals surface area (Å²) in [6, 6.07) is 16.0. The average molecular weight is 383 g/mol. The average Bonchev–Trinajstić information content (AvgIpc) is 3.10. The van der Waals surface area contributed by atoms with Crippen molar-refractivity contribution in [1.29, 1.82) is 0 Å². The standard InChI is InChI=1S/C23H30N2O3/c1-16(2)25(17(3)4)15-23(26,27)19-13-24-20-11-8-12-21(22(19)20)28-14-18-9-6-5-7-10-18/h5-13,16-17,24,26-27H,14-15H2,1-4H3. The number of aromatic amines is 1. The molecule has 0 aliphatic carbocycles. The van der Waals surface area contributed by atoms with E-state index in [4.69, 9.17) is 4.74 Å². The fourth-order valence-corrected chi connectivity index (χ4v) is 3.62. The SMILES string of the molecule is CC(C)N(CC(O)(O)c1c[nH]c2cccc(OCc3ccccc3)c12)C(C)C. The van der Waals surface area contributed by atoms with Crippen molar-refractivity contribution in [3.8, 4) is 5.75 Å². The fourth-order valence-electron chi connectivity index (χ4n) is 3.62. The summed E-state index contributed by atoms with van der Waals surface area (Å²) in [5.74, 6) is -1.37. The molecule has 5 heteroatoms. The third-order valence-corrected chi connectivity index (χ3v) is 5.07. The summed E-state index contributed by atoms with van der Waals surface area (Å²) in [7, 11) is 0. The van der Waals surface area contributed by atoms with Gasteiger partial charge in [0.05, 0.1) is 11.9 Å². The lowest BCUT2D eigenvalue weighted by Crippen LogP contribution is -2.47. The van der Waals surface area contributed by atoms with E-state index in [1.54, 1.807) is 6.20 Å². The van der Waals surface area contributed by atoms with Gasteiger partial charge in [-0.25, -0.2) is 0 Å². The van der Waals surface area contributed by atoms with Gasteiger partial charge in [-0.2, -0.15) is 0 Å². The minimum absolute atomic E-state index is 0.113. The van der Waals surface area contributed by atoms with E-state index in [1.165, 1.54) is 0 Å². The van der Waals surface area contributed by atoms with Gasteiger partial charge in [-0.3, -0.25) is 4.90 Å². The third-order valence-electron chi connectivity index (χ3n) is 5.07. The number of rotatable bonds is 8. The normalized spacial score (nSPS) is 12.5. The third kappa shape index (κ3) is 4.38. The van der Waals surface area contributed by atoms with Gasteiger partial charge >= 0.3 is 0 Å². The molecule has 28 heavy (non-hydrogen) atoms. The smallest absolute Gasteiger partial charge is 0.205 e. The molecule has 0 aliphatic heterocycles. The van der Waals surface area contributed by atoms with Gasteiger partial charge in [0.2, 0.25) is 5.79 Å². The van der Waals surface area contributed by atoms with Crippen molar-refractivity contribution in [2.75, 3.05) is 6.54 Å². The zero-order chi connectivity index (χ0) is 20.3. The second kappa shape index (κ2) is 8.35. The maximum atomic E-state index is 11.0. The Labute approximate surface area is 166 Å². The molecule has 0 bridgehead atoms. The molecule has 3 aromatic rings. The minimum atomic E-state index is -2.00. The number of ether oxygens (including phenoxy) is 1. The minimum Gasteiger partial charge on any atom is -0.488 e. The Morgan fingerprint density at radius 2 is 1.64 bits per heavy atom. The van der Waals surface area contributed by atoms with Crippen LogP contribution in [0, 0.1) is 0 Å². The molecule has 0 amide bonds. The monoisotopic (exact) mass is 382 g/mol. The largest absolute Gasteiger partial charge is 0.488 e. The van der Waals surface area contributed by atoms with E-state index in [1.807, 2.05) is 48.5 Å². The second-order valence-electron chi connectivity index (χ2n) is 7.83. The van der Waals surface area contributed by atoms with Crippen LogP contribution in [0.25, 0.3) is 10.9 Å². The lowest BCUT2D eigenvalue weighted by atomic mass is 10.0. The summed E-state index contributed by atoms with van der Waals surface area (Å²) in [6.07, 6.45) is 1.67. The van der Waals surface area contributed by atoms with Crippen molar-refractivity contribution < 1.29 is 14.9 Å². The van der Waals surface area contributed by atoms with Gasteiger partial charge in [-0.05, 0) is 45.4 Å². The van der Waals surface area contributed by atoms with Gasteiger partial charge < -0.3 is 19.9 Å². The van der Waals surface area contributed by atoms with Crippen LogP contribution in [0.1, 0.15) is 38.8 Å². The van der Waals surface area contributed by atoms with Crippen LogP contribution < -0.4 is 4.74 Å². The van der Waals surface area contributed by atoms with Gasteiger partial charge in [-0.1, -0.05) is 36.4 Å². The lowest BCUT2D eigenvalue weighted by molar-refractivity contribution is -0.188. The molecule has 2 aromatic carbocycles. The van der Waals surface area contributed by atoms with Crippen molar-refractivity contribution >= 4 is 10.9 Å². The highest BCUT2D eigenvalue weighted by Crippen LogP contribution is 2.35. The first kappa shape index (κ1) is 20.4. The molecule has 0 fully saturated rings. The number of nitrogens with one attached hydrogen (secondary N) is 1. The summed E-state index contributed by atoms with van der Waals surface area (Å²) < 4.78 is 6.04. The lowest BCUT2D eigenvalue weighted by Gasteiger charge is -2.36. The van der Waals surface area contributed by atoms with Gasteiger partial charge in [0.15, 0.2) is 0 Å². The molecular weight excluding hydrogens is 352 g/mol. The fraction of sp³-hybridized carbons (Fsp3) is 0.391. The maximum Gasteiger partial charge on any atom is 0.205 e. The maximum absolute atomic E-state index is 11.0. The van der Waals surface area contributed by atoms with Crippen LogP contribution in [0.2, 0.25) is 0 Å². The number of H-pyrrole nitrogens is 1. The van der Waals surface area contributed by atoms with Gasteiger partial charge in [0.25, 0.3) is 0 Å². The zero-order valence-electron chi connectivity index (χ0n) is 17.0. The van der Waals surface area contributed by atoms with Crippen LogP contribution in [0.5, 0.6) is 5.75 Å². The van der Waals surface area contributed by atoms with Crippen LogP contribution in [-0.2, 0) is 12.4 Å². The molecule has 3 N–H and O–H groups in total. The van der Waals surface area contributed by atoms with E-state index < -0.39 is 5.79 Å². The molecule has 0 aliphatic rings. The number of nitrogens with zero attached hydrogens (tertiary/aromatic N) is 1. The van der Waals surface area contributed by atoms with Gasteiger partial charge in [-0.15, -0.1) is 0 Å². The molecule has 0 atom stereocenters.